The Labute approximate surface area is 108 Å². The summed E-state index contributed by atoms with van der Waals surface area (Å²) in [5, 5.41) is 21.8. The molecule has 100 valence electrons. The minimum atomic E-state index is -1.07. The zero-order chi connectivity index (χ0) is 13.8. The van der Waals surface area contributed by atoms with E-state index in [1.54, 1.807) is 6.92 Å². The first-order valence-electron chi connectivity index (χ1n) is 5.18. The number of carboxylic acid groups (broad SMARTS) is 1. The Morgan fingerprint density at radius 3 is 2.67 bits per heavy atom. The van der Waals surface area contributed by atoms with Crippen molar-refractivity contribution in [3.63, 3.8) is 0 Å². The molecule has 18 heavy (non-hydrogen) atoms. The van der Waals surface area contributed by atoms with Gasteiger partial charge in [-0.3, -0.25) is 4.79 Å². The molecule has 0 aliphatic rings. The molecule has 0 aliphatic carbocycles. The van der Waals surface area contributed by atoms with Crippen molar-refractivity contribution < 1.29 is 24.5 Å². The number of hydrogen-bond acceptors (Lipinski definition) is 5. The maximum atomic E-state index is 11.7. The molecular formula is C11H15NO5S. The highest BCUT2D eigenvalue weighted by molar-refractivity contribution is 7.12. The van der Waals surface area contributed by atoms with Crippen LogP contribution >= 0.6 is 11.3 Å². The molecule has 0 aromatic carbocycles. The minimum absolute atomic E-state index is 0.0850. The van der Waals surface area contributed by atoms with Gasteiger partial charge in [-0.1, -0.05) is 0 Å². The summed E-state index contributed by atoms with van der Waals surface area (Å²) in [6.45, 7) is 1.57. The first-order chi connectivity index (χ1) is 8.41. The first-order valence-corrected chi connectivity index (χ1v) is 6.06. The number of aliphatic hydroxyl groups excluding tert-OH is 1. The van der Waals surface area contributed by atoms with Gasteiger partial charge >= 0.3 is 5.97 Å². The Morgan fingerprint density at radius 1 is 1.56 bits per heavy atom. The second-order valence-corrected chi connectivity index (χ2v) is 4.91. The number of thiophene rings is 1. The maximum absolute atomic E-state index is 11.7. The molecule has 3 N–H and O–H groups in total. The second-order valence-electron chi connectivity index (χ2n) is 4.00. The number of hydrogen-bond donors (Lipinski definition) is 3. The minimum Gasteiger partial charge on any atom is -0.478 e. The van der Waals surface area contributed by atoms with E-state index in [1.807, 2.05) is 0 Å². The fourth-order valence-electron chi connectivity index (χ4n) is 1.11. The number of carboxylic acids is 1. The molecule has 0 spiro atoms. The lowest BCUT2D eigenvalue weighted by atomic mass is 10.1. The third-order valence-electron chi connectivity index (χ3n) is 2.52. The molecule has 1 amide bonds. The van der Waals surface area contributed by atoms with Crippen LogP contribution in [0.5, 0.6) is 0 Å². The van der Waals surface area contributed by atoms with E-state index >= 15 is 0 Å². The van der Waals surface area contributed by atoms with Crippen molar-refractivity contribution in [2.45, 2.75) is 12.5 Å². The first kappa shape index (κ1) is 14.6. The Morgan fingerprint density at radius 2 is 2.22 bits per heavy atom. The van der Waals surface area contributed by atoms with E-state index in [-0.39, 0.29) is 24.6 Å². The smallest absolute Gasteiger partial charge is 0.336 e. The summed E-state index contributed by atoms with van der Waals surface area (Å²) in [5.74, 6) is -1.45. The molecular weight excluding hydrogens is 258 g/mol. The van der Waals surface area contributed by atoms with E-state index < -0.39 is 11.6 Å². The van der Waals surface area contributed by atoms with Gasteiger partial charge in [0.05, 0.1) is 17.0 Å². The summed E-state index contributed by atoms with van der Waals surface area (Å²) in [4.78, 5) is 22.7. The van der Waals surface area contributed by atoms with Crippen LogP contribution in [0.1, 0.15) is 27.0 Å². The van der Waals surface area contributed by atoms with Crippen LogP contribution in [0, 0.1) is 0 Å². The van der Waals surface area contributed by atoms with Crippen LogP contribution in [0.3, 0.4) is 0 Å². The molecule has 6 nitrogen and oxygen atoms in total. The highest BCUT2D eigenvalue weighted by atomic mass is 32.1. The molecule has 0 saturated carbocycles. The lowest BCUT2D eigenvalue weighted by Gasteiger charge is -2.25. The average molecular weight is 273 g/mol. The summed E-state index contributed by atoms with van der Waals surface area (Å²) in [5.41, 5.74) is -0.760. The molecule has 1 unspecified atom stereocenters. The predicted octanol–water partition coefficient (Wildman–Crippen LogP) is 0.573. The molecule has 1 atom stereocenters. The van der Waals surface area contributed by atoms with E-state index in [4.69, 9.17) is 14.9 Å². The van der Waals surface area contributed by atoms with Gasteiger partial charge in [0.1, 0.15) is 5.60 Å². The molecule has 1 rings (SSSR count). The maximum Gasteiger partial charge on any atom is 0.336 e. The number of amides is 1. The SMILES string of the molecule is COC(C)(CO)CNC(=O)c1cc(C(=O)O)cs1. The number of nitrogens with one attached hydrogen (secondary N) is 1. The van der Waals surface area contributed by atoms with Gasteiger partial charge in [0.15, 0.2) is 0 Å². The van der Waals surface area contributed by atoms with Gasteiger partial charge in [-0.15, -0.1) is 11.3 Å². The fraction of sp³-hybridized carbons (Fsp3) is 0.455. The van der Waals surface area contributed by atoms with E-state index in [9.17, 15) is 9.59 Å². The van der Waals surface area contributed by atoms with Crippen LogP contribution in [0.15, 0.2) is 11.4 Å². The highest BCUT2D eigenvalue weighted by Crippen LogP contribution is 2.15. The Balaban J connectivity index is 2.62. The van der Waals surface area contributed by atoms with Crippen LogP contribution in [-0.4, -0.2) is 48.0 Å². The predicted molar refractivity (Wildman–Crippen MR) is 66.1 cm³/mol. The van der Waals surface area contributed by atoms with Gasteiger partial charge < -0.3 is 20.3 Å². The van der Waals surface area contributed by atoms with Crippen molar-refractivity contribution in [1.82, 2.24) is 5.32 Å². The topological polar surface area (TPSA) is 95.9 Å². The Hall–Kier alpha value is -1.44. The molecule has 0 aliphatic heterocycles. The van der Waals surface area contributed by atoms with Gasteiger partial charge in [-0.05, 0) is 13.0 Å². The number of carbonyl (C=O) groups excluding carboxylic acids is 1. The number of ether oxygens (including phenoxy) is 1. The van der Waals surface area contributed by atoms with Crippen molar-refractivity contribution in [3.8, 4) is 0 Å². The normalized spacial score (nSPS) is 13.9. The molecule has 7 heteroatoms. The molecule has 0 fully saturated rings. The van der Waals surface area contributed by atoms with Crippen molar-refractivity contribution in [2.75, 3.05) is 20.3 Å². The summed E-state index contributed by atoms with van der Waals surface area (Å²) in [7, 11) is 1.44. The third-order valence-corrected chi connectivity index (χ3v) is 3.45. The van der Waals surface area contributed by atoms with E-state index in [0.29, 0.717) is 4.88 Å². The van der Waals surface area contributed by atoms with Crippen molar-refractivity contribution >= 4 is 23.2 Å². The molecule has 0 saturated heterocycles. The molecule has 0 radical (unpaired) electrons. The number of aromatic carboxylic acids is 1. The lowest BCUT2D eigenvalue weighted by molar-refractivity contribution is -0.0347. The monoisotopic (exact) mass is 273 g/mol. The van der Waals surface area contributed by atoms with Crippen LogP contribution < -0.4 is 5.32 Å². The lowest BCUT2D eigenvalue weighted by Crippen LogP contribution is -2.44. The standard InChI is InChI=1S/C11H15NO5S/c1-11(6-13,17-2)5-12-9(14)8-3-7(4-18-8)10(15)16/h3-4,13H,5-6H2,1-2H3,(H,12,14)(H,15,16). The summed E-state index contributed by atoms with van der Waals surface area (Å²) in [6, 6.07) is 1.31. The van der Waals surface area contributed by atoms with Gasteiger partial charge in [-0.2, -0.15) is 0 Å². The summed E-state index contributed by atoms with van der Waals surface area (Å²) in [6.07, 6.45) is 0. The summed E-state index contributed by atoms with van der Waals surface area (Å²) >= 11 is 1.06. The zero-order valence-electron chi connectivity index (χ0n) is 10.1. The van der Waals surface area contributed by atoms with Crippen LogP contribution in [0.25, 0.3) is 0 Å². The quantitative estimate of drug-likeness (QED) is 0.704. The molecule has 0 bridgehead atoms. The third kappa shape index (κ3) is 3.52. The van der Waals surface area contributed by atoms with E-state index in [1.165, 1.54) is 18.6 Å². The van der Waals surface area contributed by atoms with Crippen LogP contribution in [-0.2, 0) is 4.74 Å². The van der Waals surface area contributed by atoms with Crippen molar-refractivity contribution in [1.29, 1.82) is 0 Å². The van der Waals surface area contributed by atoms with Gasteiger partial charge in [-0.25, -0.2) is 4.79 Å². The number of aliphatic hydroxyl groups is 1. The average Bonchev–Trinajstić information content (AvgIpc) is 2.85. The van der Waals surface area contributed by atoms with Crippen molar-refractivity contribution in [3.05, 3.63) is 21.9 Å². The molecule has 1 aromatic rings. The molecule has 1 heterocycles. The Bertz CT molecular complexity index is 438. The largest absolute Gasteiger partial charge is 0.478 e. The summed E-state index contributed by atoms with van der Waals surface area (Å²) < 4.78 is 5.06. The van der Waals surface area contributed by atoms with E-state index in [2.05, 4.69) is 5.32 Å². The fourth-order valence-corrected chi connectivity index (χ4v) is 1.91. The van der Waals surface area contributed by atoms with Crippen LogP contribution in [0.2, 0.25) is 0 Å². The molecule has 1 aromatic heterocycles. The van der Waals surface area contributed by atoms with Gasteiger partial charge in [0.2, 0.25) is 0 Å². The van der Waals surface area contributed by atoms with Gasteiger partial charge in [0, 0.05) is 19.0 Å². The van der Waals surface area contributed by atoms with Crippen LogP contribution in [0.4, 0.5) is 0 Å². The Kier molecular flexibility index (Phi) is 4.83. The number of carbonyl (C=O) groups is 2. The number of methoxy groups -OCH3 is 1. The highest BCUT2D eigenvalue weighted by Gasteiger charge is 2.24. The second kappa shape index (κ2) is 5.94. The zero-order valence-corrected chi connectivity index (χ0v) is 10.9. The number of rotatable bonds is 6. The van der Waals surface area contributed by atoms with Gasteiger partial charge in [0.25, 0.3) is 5.91 Å². The van der Waals surface area contributed by atoms with E-state index in [0.717, 1.165) is 11.3 Å². The van der Waals surface area contributed by atoms with Crippen molar-refractivity contribution in [2.24, 2.45) is 0 Å².